The van der Waals surface area contributed by atoms with E-state index in [0.717, 1.165) is 36.7 Å². The fourth-order valence-corrected chi connectivity index (χ4v) is 2.51. The molecule has 0 spiro atoms. The maximum atomic E-state index is 5.65. The first-order valence-corrected chi connectivity index (χ1v) is 7.42. The summed E-state index contributed by atoms with van der Waals surface area (Å²) in [5.74, 6) is 1.84. The predicted molar refractivity (Wildman–Crippen MR) is 76.3 cm³/mol. The molecule has 0 aliphatic carbocycles. The van der Waals surface area contributed by atoms with Crippen molar-refractivity contribution in [2.75, 3.05) is 13.2 Å². The number of nitrogens with zero attached hydrogens (tertiary/aromatic N) is 1. The SMILES string of the molecule is CCNCc1ccc(COCCc2scnc2C)o1. The van der Waals surface area contributed by atoms with Gasteiger partial charge in [0.05, 0.1) is 24.4 Å². The topological polar surface area (TPSA) is 47.3 Å². The standard InChI is InChI=1S/C14H20N2O2S/c1-3-15-8-12-4-5-13(18-12)9-17-7-6-14-11(2)16-10-19-14/h4-5,10,15H,3,6-9H2,1-2H3. The third-order valence-electron chi connectivity index (χ3n) is 2.83. The van der Waals surface area contributed by atoms with Crippen molar-refractivity contribution >= 4 is 11.3 Å². The van der Waals surface area contributed by atoms with Crippen LogP contribution in [0.5, 0.6) is 0 Å². The molecule has 0 radical (unpaired) electrons. The van der Waals surface area contributed by atoms with Crippen molar-refractivity contribution in [3.05, 3.63) is 39.7 Å². The molecule has 0 bridgehead atoms. The van der Waals surface area contributed by atoms with E-state index in [0.29, 0.717) is 13.2 Å². The maximum Gasteiger partial charge on any atom is 0.129 e. The van der Waals surface area contributed by atoms with Gasteiger partial charge in [-0.2, -0.15) is 0 Å². The van der Waals surface area contributed by atoms with Crippen molar-refractivity contribution in [2.24, 2.45) is 0 Å². The number of hydrogen-bond donors (Lipinski definition) is 1. The van der Waals surface area contributed by atoms with Crippen LogP contribution in [0.25, 0.3) is 0 Å². The molecule has 0 aliphatic heterocycles. The summed E-state index contributed by atoms with van der Waals surface area (Å²) in [6.45, 7) is 7.06. The Kier molecular flexibility index (Phi) is 5.57. The van der Waals surface area contributed by atoms with Gasteiger partial charge in [0, 0.05) is 11.3 Å². The zero-order chi connectivity index (χ0) is 13.5. The van der Waals surface area contributed by atoms with Crippen LogP contribution in [0.3, 0.4) is 0 Å². The number of nitrogens with one attached hydrogen (secondary N) is 1. The molecule has 0 aromatic carbocycles. The molecular weight excluding hydrogens is 260 g/mol. The molecule has 2 aromatic heterocycles. The molecule has 0 saturated heterocycles. The van der Waals surface area contributed by atoms with Gasteiger partial charge < -0.3 is 14.5 Å². The first kappa shape index (κ1) is 14.2. The molecule has 0 amide bonds. The van der Waals surface area contributed by atoms with Crippen LogP contribution in [0.4, 0.5) is 0 Å². The molecule has 2 rings (SSSR count). The van der Waals surface area contributed by atoms with Gasteiger partial charge >= 0.3 is 0 Å². The van der Waals surface area contributed by atoms with E-state index in [4.69, 9.17) is 9.15 Å². The molecule has 2 aromatic rings. The molecule has 0 aliphatic rings. The van der Waals surface area contributed by atoms with Gasteiger partial charge in [0.15, 0.2) is 0 Å². The summed E-state index contributed by atoms with van der Waals surface area (Å²) in [5, 5.41) is 3.23. The number of thiazole rings is 1. The molecule has 0 atom stereocenters. The highest BCUT2D eigenvalue weighted by molar-refractivity contribution is 7.09. The van der Waals surface area contributed by atoms with Gasteiger partial charge in [0.2, 0.25) is 0 Å². The minimum Gasteiger partial charge on any atom is -0.462 e. The minimum absolute atomic E-state index is 0.532. The Morgan fingerprint density at radius 3 is 2.95 bits per heavy atom. The van der Waals surface area contributed by atoms with Crippen molar-refractivity contribution in [1.82, 2.24) is 10.3 Å². The first-order valence-electron chi connectivity index (χ1n) is 6.54. The Morgan fingerprint density at radius 2 is 2.21 bits per heavy atom. The normalized spacial score (nSPS) is 11.1. The Balaban J connectivity index is 1.68. The zero-order valence-electron chi connectivity index (χ0n) is 11.4. The molecule has 5 heteroatoms. The summed E-state index contributed by atoms with van der Waals surface area (Å²) in [4.78, 5) is 5.52. The molecule has 0 unspecified atom stereocenters. The second kappa shape index (κ2) is 7.43. The Morgan fingerprint density at radius 1 is 1.37 bits per heavy atom. The number of rotatable bonds is 8. The number of furan rings is 1. The summed E-state index contributed by atoms with van der Waals surface area (Å²) >= 11 is 1.69. The lowest BCUT2D eigenvalue weighted by molar-refractivity contribution is 0.108. The van der Waals surface area contributed by atoms with Gasteiger partial charge in [-0.05, 0) is 25.6 Å². The molecule has 0 saturated carbocycles. The summed E-state index contributed by atoms with van der Waals surface area (Å²) in [5.41, 5.74) is 2.99. The summed E-state index contributed by atoms with van der Waals surface area (Å²) < 4.78 is 11.3. The van der Waals surface area contributed by atoms with E-state index < -0.39 is 0 Å². The van der Waals surface area contributed by atoms with Crippen LogP contribution in [0.2, 0.25) is 0 Å². The fourth-order valence-electron chi connectivity index (χ4n) is 1.75. The van der Waals surface area contributed by atoms with Crippen molar-refractivity contribution in [2.45, 2.75) is 33.4 Å². The van der Waals surface area contributed by atoms with E-state index in [9.17, 15) is 0 Å². The van der Waals surface area contributed by atoms with E-state index in [-0.39, 0.29) is 0 Å². The van der Waals surface area contributed by atoms with Gasteiger partial charge in [0.1, 0.15) is 18.1 Å². The number of aromatic nitrogens is 1. The molecule has 1 N–H and O–H groups in total. The van der Waals surface area contributed by atoms with E-state index in [1.54, 1.807) is 11.3 Å². The molecule has 19 heavy (non-hydrogen) atoms. The van der Waals surface area contributed by atoms with Crippen LogP contribution in [0.1, 0.15) is 29.0 Å². The lowest BCUT2D eigenvalue weighted by Crippen LogP contribution is -2.10. The van der Waals surface area contributed by atoms with Crippen LogP contribution < -0.4 is 5.32 Å². The van der Waals surface area contributed by atoms with Crippen molar-refractivity contribution in [1.29, 1.82) is 0 Å². The highest BCUT2D eigenvalue weighted by Crippen LogP contribution is 2.13. The van der Waals surface area contributed by atoms with E-state index >= 15 is 0 Å². The average molecular weight is 280 g/mol. The highest BCUT2D eigenvalue weighted by atomic mass is 32.1. The summed E-state index contributed by atoms with van der Waals surface area (Å²) in [6, 6.07) is 3.97. The van der Waals surface area contributed by atoms with Crippen molar-refractivity contribution < 1.29 is 9.15 Å². The van der Waals surface area contributed by atoms with Gasteiger partial charge in [-0.15, -0.1) is 11.3 Å². The van der Waals surface area contributed by atoms with Crippen LogP contribution in [-0.2, 0) is 24.3 Å². The van der Waals surface area contributed by atoms with Crippen LogP contribution >= 0.6 is 11.3 Å². The third kappa shape index (κ3) is 4.45. The lowest BCUT2D eigenvalue weighted by Gasteiger charge is -2.02. The fraction of sp³-hybridized carbons (Fsp3) is 0.500. The van der Waals surface area contributed by atoms with E-state index in [1.165, 1.54) is 4.88 Å². The van der Waals surface area contributed by atoms with Crippen LogP contribution in [0.15, 0.2) is 22.1 Å². The van der Waals surface area contributed by atoms with Crippen LogP contribution in [-0.4, -0.2) is 18.1 Å². The van der Waals surface area contributed by atoms with Gasteiger partial charge in [-0.1, -0.05) is 6.92 Å². The summed E-state index contributed by atoms with van der Waals surface area (Å²) in [7, 11) is 0. The minimum atomic E-state index is 0.532. The average Bonchev–Trinajstić information content (AvgIpc) is 3.02. The second-order valence-electron chi connectivity index (χ2n) is 4.31. The van der Waals surface area contributed by atoms with E-state index in [2.05, 4.69) is 17.2 Å². The Labute approximate surface area is 117 Å². The van der Waals surface area contributed by atoms with Gasteiger partial charge in [-0.3, -0.25) is 0 Å². The highest BCUT2D eigenvalue weighted by Gasteiger charge is 2.04. The second-order valence-corrected chi connectivity index (χ2v) is 5.25. The molecule has 0 fully saturated rings. The molecule has 4 nitrogen and oxygen atoms in total. The van der Waals surface area contributed by atoms with Crippen LogP contribution in [0, 0.1) is 6.92 Å². The molecule has 2 heterocycles. The number of aryl methyl sites for hydroxylation is 1. The zero-order valence-corrected chi connectivity index (χ0v) is 12.3. The maximum absolute atomic E-state index is 5.65. The van der Waals surface area contributed by atoms with Crippen molar-refractivity contribution in [3.63, 3.8) is 0 Å². The number of hydrogen-bond acceptors (Lipinski definition) is 5. The smallest absolute Gasteiger partial charge is 0.129 e. The quantitative estimate of drug-likeness (QED) is 0.755. The molecule has 104 valence electrons. The largest absolute Gasteiger partial charge is 0.462 e. The predicted octanol–water partition coefficient (Wildman–Crippen LogP) is 2.91. The lowest BCUT2D eigenvalue weighted by atomic mass is 10.3. The number of ether oxygens (including phenoxy) is 1. The Bertz CT molecular complexity index is 493. The van der Waals surface area contributed by atoms with E-state index in [1.807, 2.05) is 24.6 Å². The first-order chi connectivity index (χ1) is 9.29. The summed E-state index contributed by atoms with van der Waals surface area (Å²) in [6.07, 6.45) is 0.918. The Hall–Kier alpha value is -1.17. The van der Waals surface area contributed by atoms with Gasteiger partial charge in [-0.25, -0.2) is 4.98 Å². The third-order valence-corrected chi connectivity index (χ3v) is 3.82. The van der Waals surface area contributed by atoms with Gasteiger partial charge in [0.25, 0.3) is 0 Å². The van der Waals surface area contributed by atoms with Crippen molar-refractivity contribution in [3.8, 4) is 0 Å². The molecular formula is C14H20N2O2S. The monoisotopic (exact) mass is 280 g/mol.